The van der Waals surface area contributed by atoms with E-state index in [0.29, 0.717) is 37.3 Å². The van der Waals surface area contributed by atoms with Gasteiger partial charge in [-0.05, 0) is 37.3 Å². The maximum absolute atomic E-state index is 13.0. The monoisotopic (exact) mass is 373 g/mol. The molecule has 3 rings (SSSR count). The van der Waals surface area contributed by atoms with Gasteiger partial charge in [-0.2, -0.15) is 13.2 Å². The van der Waals surface area contributed by atoms with Gasteiger partial charge >= 0.3 is 6.18 Å². The van der Waals surface area contributed by atoms with Crippen molar-refractivity contribution in [2.45, 2.75) is 31.5 Å². The Bertz CT molecular complexity index is 579. The zero-order valence-corrected chi connectivity index (χ0v) is 14.8. The molecule has 2 atom stereocenters. The van der Waals surface area contributed by atoms with Gasteiger partial charge in [-0.15, -0.1) is 0 Å². The lowest BCUT2D eigenvalue weighted by atomic mass is 9.87. The Hall–Kier alpha value is -1.38. The number of rotatable bonds is 5. The number of aliphatic hydroxyl groups excluding tert-OH is 1. The number of alkyl halides is 3. The van der Waals surface area contributed by atoms with Crippen molar-refractivity contribution < 1.29 is 23.0 Å². The van der Waals surface area contributed by atoms with Crippen LogP contribution >= 0.6 is 0 Å². The second kappa shape index (κ2) is 8.54. The molecule has 2 fully saturated rings. The van der Waals surface area contributed by atoms with Crippen LogP contribution < -0.4 is 4.90 Å². The van der Waals surface area contributed by atoms with Gasteiger partial charge in [0.25, 0.3) is 0 Å². The molecule has 0 amide bonds. The van der Waals surface area contributed by atoms with Crippen molar-refractivity contribution >= 4 is 5.82 Å². The molecular formula is C18H26F3N3O2. The topological polar surface area (TPSA) is 48.8 Å². The van der Waals surface area contributed by atoms with Crippen molar-refractivity contribution in [1.29, 1.82) is 0 Å². The molecule has 1 N–H and O–H groups in total. The molecule has 0 aromatic carbocycles. The average molecular weight is 373 g/mol. The van der Waals surface area contributed by atoms with Gasteiger partial charge in [0.2, 0.25) is 0 Å². The summed E-state index contributed by atoms with van der Waals surface area (Å²) in [5, 5.41) is 9.22. The number of hydrogen-bond donors (Lipinski definition) is 1. The minimum atomic E-state index is -4.43. The van der Waals surface area contributed by atoms with Crippen LogP contribution in [0.4, 0.5) is 19.0 Å². The van der Waals surface area contributed by atoms with Crippen LogP contribution in [0.3, 0.4) is 0 Å². The second-order valence-corrected chi connectivity index (χ2v) is 6.96. The van der Waals surface area contributed by atoms with E-state index in [1.807, 2.05) is 4.90 Å². The van der Waals surface area contributed by atoms with Crippen molar-refractivity contribution in [3.63, 3.8) is 0 Å². The van der Waals surface area contributed by atoms with Crippen LogP contribution in [0.2, 0.25) is 0 Å². The molecule has 2 saturated heterocycles. The van der Waals surface area contributed by atoms with E-state index in [0.717, 1.165) is 45.2 Å². The maximum atomic E-state index is 13.0. The van der Waals surface area contributed by atoms with E-state index < -0.39 is 11.9 Å². The number of halogens is 3. The second-order valence-electron chi connectivity index (χ2n) is 6.96. The first-order valence-electron chi connectivity index (χ1n) is 9.21. The number of aromatic nitrogens is 1. The van der Waals surface area contributed by atoms with E-state index in [9.17, 15) is 18.3 Å². The van der Waals surface area contributed by atoms with Crippen molar-refractivity contribution in [1.82, 2.24) is 9.88 Å². The highest BCUT2D eigenvalue weighted by atomic mass is 19.4. The van der Waals surface area contributed by atoms with Crippen molar-refractivity contribution in [3.8, 4) is 0 Å². The highest BCUT2D eigenvalue weighted by Gasteiger charge is 2.36. The van der Waals surface area contributed by atoms with Crippen LogP contribution in [0.25, 0.3) is 0 Å². The highest BCUT2D eigenvalue weighted by Crippen LogP contribution is 2.32. The zero-order chi connectivity index (χ0) is 18.6. The molecule has 8 heteroatoms. The molecule has 1 aromatic rings. The smallest absolute Gasteiger partial charge is 0.396 e. The summed E-state index contributed by atoms with van der Waals surface area (Å²) in [7, 11) is 0. The predicted octanol–water partition coefficient (Wildman–Crippen LogP) is 2.40. The minimum absolute atomic E-state index is 0.133. The molecule has 1 aromatic heterocycles. The SMILES string of the molecule is OCCC[C@@H]1CN(c2cccc(C(F)(F)F)n2)CC[C@@H]1N1CCOCC1. The summed E-state index contributed by atoms with van der Waals surface area (Å²) in [6, 6.07) is 4.45. The lowest BCUT2D eigenvalue weighted by Gasteiger charge is -2.45. The van der Waals surface area contributed by atoms with Gasteiger partial charge in [-0.25, -0.2) is 4.98 Å². The lowest BCUT2D eigenvalue weighted by molar-refractivity contribution is -0.141. The van der Waals surface area contributed by atoms with E-state index in [-0.39, 0.29) is 6.61 Å². The van der Waals surface area contributed by atoms with Crippen molar-refractivity contribution in [2.75, 3.05) is 50.9 Å². The summed E-state index contributed by atoms with van der Waals surface area (Å²) in [5.74, 6) is 0.680. The summed E-state index contributed by atoms with van der Waals surface area (Å²) >= 11 is 0. The summed E-state index contributed by atoms with van der Waals surface area (Å²) < 4.78 is 44.3. The van der Waals surface area contributed by atoms with Gasteiger partial charge in [-0.3, -0.25) is 4.90 Å². The van der Waals surface area contributed by atoms with E-state index >= 15 is 0 Å². The Labute approximate surface area is 151 Å². The molecule has 0 bridgehead atoms. The van der Waals surface area contributed by atoms with Crippen LogP contribution in [0.15, 0.2) is 18.2 Å². The van der Waals surface area contributed by atoms with E-state index in [2.05, 4.69) is 9.88 Å². The summed E-state index contributed by atoms with van der Waals surface area (Å²) in [4.78, 5) is 8.22. The summed E-state index contributed by atoms with van der Waals surface area (Å²) in [5.41, 5.74) is -0.850. The molecule has 26 heavy (non-hydrogen) atoms. The standard InChI is InChI=1S/C18H26F3N3O2/c19-18(20,21)16-4-1-5-17(22-16)24-7-6-15(14(13-24)3-2-10-25)23-8-11-26-12-9-23/h1,4-5,14-15,25H,2-3,6-13H2/t14-,15+/m1/s1. The van der Waals surface area contributed by atoms with Gasteiger partial charge in [0.15, 0.2) is 0 Å². The number of nitrogens with zero attached hydrogens (tertiary/aromatic N) is 3. The highest BCUT2D eigenvalue weighted by molar-refractivity contribution is 5.40. The van der Waals surface area contributed by atoms with E-state index in [1.165, 1.54) is 6.07 Å². The quantitative estimate of drug-likeness (QED) is 0.859. The Morgan fingerprint density at radius 2 is 1.96 bits per heavy atom. The molecule has 2 aliphatic heterocycles. The maximum Gasteiger partial charge on any atom is 0.433 e. The van der Waals surface area contributed by atoms with Crippen LogP contribution in [-0.4, -0.2) is 67.0 Å². The first kappa shape index (κ1) is 19.4. The Morgan fingerprint density at radius 1 is 1.19 bits per heavy atom. The number of aliphatic hydroxyl groups is 1. The fourth-order valence-electron chi connectivity index (χ4n) is 4.01. The Morgan fingerprint density at radius 3 is 2.65 bits per heavy atom. The molecule has 0 saturated carbocycles. The van der Waals surface area contributed by atoms with Gasteiger partial charge in [0.05, 0.1) is 13.2 Å². The minimum Gasteiger partial charge on any atom is -0.396 e. The number of pyridine rings is 1. The fraction of sp³-hybridized carbons (Fsp3) is 0.722. The number of ether oxygens (including phenoxy) is 1. The summed E-state index contributed by atoms with van der Waals surface area (Å²) in [6.45, 7) is 4.71. The first-order valence-corrected chi connectivity index (χ1v) is 9.21. The van der Waals surface area contributed by atoms with Gasteiger partial charge in [0.1, 0.15) is 11.5 Å². The Balaban J connectivity index is 1.73. The normalized spacial score (nSPS) is 25.5. The van der Waals surface area contributed by atoms with Gasteiger partial charge < -0.3 is 14.7 Å². The van der Waals surface area contributed by atoms with Crippen LogP contribution in [0.1, 0.15) is 25.0 Å². The molecule has 0 unspecified atom stereocenters. The molecule has 0 radical (unpaired) electrons. The number of hydrogen-bond acceptors (Lipinski definition) is 5. The van der Waals surface area contributed by atoms with Crippen LogP contribution in [0.5, 0.6) is 0 Å². The van der Waals surface area contributed by atoms with E-state index in [4.69, 9.17) is 4.74 Å². The van der Waals surface area contributed by atoms with Gasteiger partial charge in [-0.1, -0.05) is 6.07 Å². The fourth-order valence-corrected chi connectivity index (χ4v) is 4.01. The Kier molecular flexibility index (Phi) is 6.37. The molecule has 146 valence electrons. The van der Waals surface area contributed by atoms with Crippen LogP contribution in [-0.2, 0) is 10.9 Å². The molecule has 0 spiro atoms. The average Bonchev–Trinajstić information content (AvgIpc) is 2.66. The van der Waals surface area contributed by atoms with E-state index in [1.54, 1.807) is 6.07 Å². The third kappa shape index (κ3) is 4.66. The lowest BCUT2D eigenvalue weighted by Crippen LogP contribution is -2.54. The first-order chi connectivity index (χ1) is 12.5. The number of morpholine rings is 1. The molecule has 3 heterocycles. The number of piperidine rings is 1. The third-order valence-electron chi connectivity index (χ3n) is 5.29. The molecule has 2 aliphatic rings. The summed E-state index contributed by atoms with van der Waals surface area (Å²) in [6.07, 6.45) is -1.99. The van der Waals surface area contributed by atoms with Crippen LogP contribution in [0, 0.1) is 5.92 Å². The van der Waals surface area contributed by atoms with Crippen molar-refractivity contribution in [2.24, 2.45) is 5.92 Å². The predicted molar refractivity (Wildman–Crippen MR) is 92.1 cm³/mol. The molecule has 5 nitrogen and oxygen atoms in total. The number of anilines is 1. The largest absolute Gasteiger partial charge is 0.433 e. The van der Waals surface area contributed by atoms with Crippen molar-refractivity contribution in [3.05, 3.63) is 23.9 Å². The zero-order valence-electron chi connectivity index (χ0n) is 14.8. The molecule has 0 aliphatic carbocycles. The van der Waals surface area contributed by atoms with Gasteiger partial charge in [0, 0.05) is 38.8 Å². The molecular weight excluding hydrogens is 347 g/mol. The third-order valence-corrected chi connectivity index (χ3v) is 5.29.